The lowest BCUT2D eigenvalue weighted by molar-refractivity contribution is -0.137. The highest BCUT2D eigenvalue weighted by Gasteiger charge is 2.37. The molecule has 6 nitrogen and oxygen atoms in total. The van der Waals surface area contributed by atoms with Crippen LogP contribution in [0.2, 0.25) is 0 Å². The Bertz CT molecular complexity index is 1490. The van der Waals surface area contributed by atoms with Gasteiger partial charge in [0, 0.05) is 29.1 Å². The van der Waals surface area contributed by atoms with Crippen molar-refractivity contribution in [1.82, 2.24) is 19.7 Å². The first kappa shape index (κ1) is 25.5. The van der Waals surface area contributed by atoms with Gasteiger partial charge in [0.2, 0.25) is 5.95 Å². The average molecular weight is 521 g/mol. The number of primary amides is 1. The zero-order valence-corrected chi connectivity index (χ0v) is 18.3. The van der Waals surface area contributed by atoms with Crippen LogP contribution in [-0.4, -0.2) is 25.7 Å². The van der Waals surface area contributed by atoms with E-state index in [1.54, 1.807) is 0 Å². The number of halogens is 7. The van der Waals surface area contributed by atoms with E-state index in [4.69, 9.17) is 5.73 Å². The molecular weight excluding hydrogens is 507 g/mol. The molecule has 0 atom stereocenters. The summed E-state index contributed by atoms with van der Waals surface area (Å²) in [5.41, 5.74) is 1.76. The molecule has 0 aliphatic rings. The first-order chi connectivity index (χ1) is 17.4. The van der Waals surface area contributed by atoms with Crippen LogP contribution in [0.5, 0.6) is 0 Å². The Labute approximate surface area is 203 Å². The van der Waals surface area contributed by atoms with Crippen molar-refractivity contribution in [1.29, 1.82) is 0 Å². The van der Waals surface area contributed by atoms with Gasteiger partial charge in [0.05, 0.1) is 16.7 Å². The number of carbonyl (C=O) groups excluding carboxylic acids is 1. The Morgan fingerprint density at radius 1 is 0.838 bits per heavy atom. The fourth-order valence-electron chi connectivity index (χ4n) is 3.50. The molecule has 4 rings (SSSR count). The third kappa shape index (κ3) is 5.34. The molecule has 2 aromatic heterocycles. The van der Waals surface area contributed by atoms with Crippen LogP contribution < -0.4 is 5.73 Å². The average Bonchev–Trinajstić information content (AvgIpc) is 3.26. The lowest BCUT2D eigenvalue weighted by Gasteiger charge is -2.12. The van der Waals surface area contributed by atoms with Crippen molar-refractivity contribution in [3.05, 3.63) is 89.5 Å². The predicted molar refractivity (Wildman–Crippen MR) is 118 cm³/mol. The molecule has 2 N–H and O–H groups in total. The smallest absolute Gasteiger partial charge is 0.366 e. The highest BCUT2D eigenvalue weighted by atomic mass is 19.4. The summed E-state index contributed by atoms with van der Waals surface area (Å²) in [6.07, 6.45) is -7.83. The summed E-state index contributed by atoms with van der Waals surface area (Å²) in [4.78, 5) is 19.6. The van der Waals surface area contributed by atoms with Gasteiger partial charge in [-0.1, -0.05) is 36.4 Å². The maximum Gasteiger partial charge on any atom is 0.417 e. The Balaban J connectivity index is 2.02. The van der Waals surface area contributed by atoms with Gasteiger partial charge >= 0.3 is 12.4 Å². The molecule has 0 aliphatic carbocycles. The summed E-state index contributed by atoms with van der Waals surface area (Å²) >= 11 is 0. The van der Waals surface area contributed by atoms with Crippen LogP contribution >= 0.6 is 0 Å². The van der Waals surface area contributed by atoms with E-state index in [-0.39, 0.29) is 11.1 Å². The first-order valence-electron chi connectivity index (χ1n) is 10.3. The van der Waals surface area contributed by atoms with Crippen molar-refractivity contribution in [3.63, 3.8) is 0 Å². The third-order valence-electron chi connectivity index (χ3n) is 5.13. The van der Waals surface area contributed by atoms with Gasteiger partial charge in [-0.25, -0.2) is 14.6 Å². The molecule has 0 saturated carbocycles. The molecule has 0 saturated heterocycles. The number of benzene rings is 2. The predicted octanol–water partition coefficient (Wildman–Crippen LogP) is 5.67. The molecule has 13 heteroatoms. The van der Waals surface area contributed by atoms with Crippen molar-refractivity contribution in [2.24, 2.45) is 5.73 Å². The van der Waals surface area contributed by atoms with Crippen LogP contribution in [0.4, 0.5) is 30.7 Å². The maximum absolute atomic E-state index is 13.8. The van der Waals surface area contributed by atoms with E-state index >= 15 is 0 Å². The number of aromatic nitrogens is 4. The summed E-state index contributed by atoms with van der Waals surface area (Å²) in [5, 5.41) is 3.98. The molecule has 1 amide bonds. The molecule has 0 fully saturated rings. The minimum Gasteiger partial charge on any atom is -0.366 e. The van der Waals surface area contributed by atoms with Gasteiger partial charge in [-0.2, -0.15) is 30.7 Å². The number of alkyl halides is 6. The lowest BCUT2D eigenvalue weighted by Crippen LogP contribution is -2.15. The molecule has 0 unspecified atom stereocenters. The zero-order chi connectivity index (χ0) is 27.0. The molecule has 0 bridgehead atoms. The molecule has 190 valence electrons. The van der Waals surface area contributed by atoms with Gasteiger partial charge in [-0.05, 0) is 24.3 Å². The molecule has 2 heterocycles. The Hall–Kier alpha value is -4.55. The summed E-state index contributed by atoms with van der Waals surface area (Å²) in [5.74, 6) is -3.04. The van der Waals surface area contributed by atoms with Crippen molar-refractivity contribution in [2.75, 3.05) is 0 Å². The monoisotopic (exact) mass is 521 g/mol. The molecule has 0 radical (unpaired) electrons. The number of amides is 1. The first-order valence-corrected chi connectivity index (χ1v) is 10.3. The van der Waals surface area contributed by atoms with E-state index in [2.05, 4.69) is 15.1 Å². The summed E-state index contributed by atoms with van der Waals surface area (Å²) in [6, 6.07) is 10.5. The normalized spacial score (nSPS) is 12.6. The summed E-state index contributed by atoms with van der Waals surface area (Å²) in [7, 11) is 0. The highest BCUT2D eigenvalue weighted by molar-refractivity contribution is 6.22. The zero-order valence-electron chi connectivity index (χ0n) is 18.3. The topological polar surface area (TPSA) is 86.7 Å². The molecular formula is C24H14F7N5O. The summed E-state index contributed by atoms with van der Waals surface area (Å²) in [6.45, 7) is 0. The van der Waals surface area contributed by atoms with Crippen LogP contribution in [0.3, 0.4) is 0 Å². The number of hydrogen-bond acceptors (Lipinski definition) is 4. The second kappa shape index (κ2) is 9.48. The van der Waals surface area contributed by atoms with Gasteiger partial charge in [-0.3, -0.25) is 4.79 Å². The van der Waals surface area contributed by atoms with Gasteiger partial charge in [-0.15, -0.1) is 5.10 Å². The van der Waals surface area contributed by atoms with Crippen LogP contribution in [0.1, 0.15) is 16.7 Å². The Morgan fingerprint density at radius 2 is 1.41 bits per heavy atom. The van der Waals surface area contributed by atoms with Crippen LogP contribution in [0.15, 0.2) is 66.9 Å². The van der Waals surface area contributed by atoms with E-state index < -0.39 is 58.1 Å². The second-order valence-electron chi connectivity index (χ2n) is 7.57. The standard InChI is InChI=1S/C24H14F7N5O/c25-19-10-9-13(11-33-19)16(20(32)37)12-36-22(15-6-2-4-8-18(15)24(29,30)31)34-21(35-36)14-5-1-3-7-17(14)23(26,27)28/h1-12H,(H2,32,37)/b16-12-. The minimum atomic E-state index is -4.85. The minimum absolute atomic E-state index is 0.0169. The fourth-order valence-corrected chi connectivity index (χ4v) is 3.50. The van der Waals surface area contributed by atoms with Crippen LogP contribution in [-0.2, 0) is 17.1 Å². The number of rotatable bonds is 5. The quantitative estimate of drug-likeness (QED) is 0.208. The van der Waals surface area contributed by atoms with Crippen molar-refractivity contribution < 1.29 is 35.5 Å². The maximum atomic E-state index is 13.8. The number of pyridine rings is 1. The van der Waals surface area contributed by atoms with E-state index in [0.717, 1.165) is 65.6 Å². The largest absolute Gasteiger partial charge is 0.417 e. The van der Waals surface area contributed by atoms with Gasteiger partial charge in [0.25, 0.3) is 5.91 Å². The van der Waals surface area contributed by atoms with Crippen LogP contribution in [0.25, 0.3) is 34.5 Å². The van der Waals surface area contributed by atoms with E-state index in [1.807, 2.05) is 0 Å². The summed E-state index contributed by atoms with van der Waals surface area (Å²) < 4.78 is 96.2. The number of nitrogens with zero attached hydrogens (tertiary/aromatic N) is 4. The van der Waals surface area contributed by atoms with E-state index in [9.17, 15) is 35.5 Å². The highest BCUT2D eigenvalue weighted by Crippen LogP contribution is 2.39. The van der Waals surface area contributed by atoms with E-state index in [0.29, 0.717) is 0 Å². The third-order valence-corrected chi connectivity index (χ3v) is 5.13. The number of carbonyl (C=O) groups is 1. The Morgan fingerprint density at radius 3 is 1.95 bits per heavy atom. The second-order valence-corrected chi connectivity index (χ2v) is 7.57. The lowest BCUT2D eigenvalue weighted by atomic mass is 10.1. The number of hydrogen-bond donors (Lipinski definition) is 1. The fraction of sp³-hybridized carbons (Fsp3) is 0.0833. The number of nitrogens with two attached hydrogens (primary N) is 1. The molecule has 4 aromatic rings. The SMILES string of the molecule is NC(=O)/C(=C\n1nc(-c2ccccc2C(F)(F)F)nc1-c1ccccc1C(F)(F)F)c1ccc(F)nc1. The van der Waals surface area contributed by atoms with Crippen molar-refractivity contribution >= 4 is 17.7 Å². The van der Waals surface area contributed by atoms with Crippen molar-refractivity contribution in [2.45, 2.75) is 12.4 Å². The van der Waals surface area contributed by atoms with Crippen LogP contribution in [0, 0.1) is 5.95 Å². The molecule has 37 heavy (non-hydrogen) atoms. The Kier molecular flexibility index (Phi) is 6.55. The molecule has 2 aromatic carbocycles. The van der Waals surface area contributed by atoms with E-state index in [1.165, 1.54) is 12.1 Å². The molecule has 0 spiro atoms. The van der Waals surface area contributed by atoms with Gasteiger partial charge < -0.3 is 5.73 Å². The molecule has 0 aliphatic heterocycles. The van der Waals surface area contributed by atoms with Gasteiger partial charge in [0.1, 0.15) is 0 Å². The van der Waals surface area contributed by atoms with Gasteiger partial charge in [0.15, 0.2) is 11.6 Å². The van der Waals surface area contributed by atoms with Crippen molar-refractivity contribution in [3.8, 4) is 22.8 Å².